The largest absolute Gasteiger partial charge is 0.486 e. The summed E-state index contributed by atoms with van der Waals surface area (Å²) in [6, 6.07) is 6.10. The Labute approximate surface area is 90.1 Å². The molecule has 2 N–H and O–H groups in total. The van der Waals surface area contributed by atoms with Gasteiger partial charge in [-0.2, -0.15) is 0 Å². The number of aliphatic hydroxyl groups is 1. The fourth-order valence-electron chi connectivity index (χ4n) is 1.94. The number of β-amino-alcohol motifs (C(OH)–C–C–N with tert-alkyl or cyclic N) is 1. The van der Waals surface area contributed by atoms with Crippen molar-refractivity contribution in [2.75, 3.05) is 13.1 Å². The van der Waals surface area contributed by atoms with Crippen LogP contribution in [0.4, 0.5) is 0 Å². The molecule has 3 nitrogen and oxygen atoms in total. The van der Waals surface area contributed by atoms with E-state index in [4.69, 9.17) is 4.74 Å². The molecule has 0 amide bonds. The van der Waals surface area contributed by atoms with Crippen LogP contribution in [0.1, 0.15) is 11.1 Å². The van der Waals surface area contributed by atoms with Gasteiger partial charge in [0.15, 0.2) is 0 Å². The highest BCUT2D eigenvalue weighted by Crippen LogP contribution is 2.19. The van der Waals surface area contributed by atoms with Crippen LogP contribution in [0.3, 0.4) is 0 Å². The van der Waals surface area contributed by atoms with Gasteiger partial charge >= 0.3 is 0 Å². The van der Waals surface area contributed by atoms with Crippen molar-refractivity contribution >= 4 is 0 Å². The second-order valence-corrected chi connectivity index (χ2v) is 4.21. The lowest BCUT2D eigenvalue weighted by Crippen LogP contribution is -2.29. The number of aryl methyl sites for hydroxylation is 2. The predicted molar refractivity (Wildman–Crippen MR) is 59.2 cm³/mol. The summed E-state index contributed by atoms with van der Waals surface area (Å²) in [5.74, 6) is 0.847. The monoisotopic (exact) mass is 207 g/mol. The van der Waals surface area contributed by atoms with Gasteiger partial charge < -0.3 is 15.2 Å². The first kappa shape index (κ1) is 10.5. The first-order valence-electron chi connectivity index (χ1n) is 5.29. The smallest absolute Gasteiger partial charge is 0.138 e. The van der Waals surface area contributed by atoms with Gasteiger partial charge in [0.25, 0.3) is 0 Å². The number of hydrogen-bond acceptors (Lipinski definition) is 3. The molecule has 0 aliphatic carbocycles. The minimum Gasteiger partial charge on any atom is -0.486 e. The molecule has 1 fully saturated rings. The van der Waals surface area contributed by atoms with Crippen molar-refractivity contribution in [2.45, 2.75) is 26.1 Å². The summed E-state index contributed by atoms with van der Waals surface area (Å²) < 4.78 is 5.74. The molecule has 1 aromatic carbocycles. The van der Waals surface area contributed by atoms with Gasteiger partial charge in [0.05, 0.1) is 0 Å². The van der Waals surface area contributed by atoms with Crippen molar-refractivity contribution in [3.05, 3.63) is 29.3 Å². The standard InChI is InChI=1S/C12H17NO2/c1-8-3-9(2)5-10(4-8)15-12-7-13-6-11(12)14/h3-5,11-14H,6-7H2,1-2H3/t11-,12-/m0/s1. The van der Waals surface area contributed by atoms with E-state index in [1.807, 2.05) is 26.0 Å². The zero-order valence-corrected chi connectivity index (χ0v) is 9.16. The molecule has 82 valence electrons. The van der Waals surface area contributed by atoms with Crippen molar-refractivity contribution in [3.63, 3.8) is 0 Å². The van der Waals surface area contributed by atoms with Crippen LogP contribution in [0.2, 0.25) is 0 Å². The Bertz CT molecular complexity index is 331. The molecule has 1 aliphatic heterocycles. The maximum absolute atomic E-state index is 9.60. The Morgan fingerprint density at radius 1 is 1.20 bits per heavy atom. The van der Waals surface area contributed by atoms with Crippen LogP contribution in [0.15, 0.2) is 18.2 Å². The van der Waals surface area contributed by atoms with Crippen LogP contribution in [0.25, 0.3) is 0 Å². The van der Waals surface area contributed by atoms with Crippen LogP contribution in [-0.4, -0.2) is 30.4 Å². The minimum atomic E-state index is -0.397. The zero-order valence-electron chi connectivity index (χ0n) is 9.16. The van der Waals surface area contributed by atoms with E-state index >= 15 is 0 Å². The lowest BCUT2D eigenvalue weighted by Gasteiger charge is -2.16. The fraction of sp³-hybridized carbons (Fsp3) is 0.500. The summed E-state index contributed by atoms with van der Waals surface area (Å²) in [4.78, 5) is 0. The second kappa shape index (κ2) is 4.21. The van der Waals surface area contributed by atoms with Crippen LogP contribution < -0.4 is 10.1 Å². The van der Waals surface area contributed by atoms with Gasteiger partial charge in [0.1, 0.15) is 18.0 Å². The van der Waals surface area contributed by atoms with E-state index in [1.165, 1.54) is 11.1 Å². The Balaban J connectivity index is 2.10. The van der Waals surface area contributed by atoms with Gasteiger partial charge in [0.2, 0.25) is 0 Å². The molecule has 0 radical (unpaired) electrons. The highest BCUT2D eigenvalue weighted by atomic mass is 16.5. The van der Waals surface area contributed by atoms with Crippen molar-refractivity contribution in [1.29, 1.82) is 0 Å². The third-order valence-corrected chi connectivity index (χ3v) is 2.61. The topological polar surface area (TPSA) is 41.5 Å². The summed E-state index contributed by atoms with van der Waals surface area (Å²) in [5.41, 5.74) is 2.37. The Morgan fingerprint density at radius 3 is 2.40 bits per heavy atom. The molecular weight excluding hydrogens is 190 g/mol. The molecule has 0 spiro atoms. The minimum absolute atomic E-state index is 0.119. The summed E-state index contributed by atoms with van der Waals surface area (Å²) in [6.07, 6.45) is -0.517. The summed E-state index contributed by atoms with van der Waals surface area (Å²) in [5, 5.41) is 12.7. The molecule has 0 saturated carbocycles. The van der Waals surface area contributed by atoms with Crippen molar-refractivity contribution in [3.8, 4) is 5.75 Å². The van der Waals surface area contributed by atoms with E-state index in [-0.39, 0.29) is 6.10 Å². The number of hydrogen-bond donors (Lipinski definition) is 2. The molecule has 3 heteroatoms. The predicted octanol–water partition coefficient (Wildman–Crippen LogP) is 1.01. The molecule has 2 rings (SSSR count). The van der Waals surface area contributed by atoms with Crippen LogP contribution in [0.5, 0.6) is 5.75 Å². The van der Waals surface area contributed by atoms with E-state index in [1.54, 1.807) is 0 Å². The molecular formula is C12H17NO2. The van der Waals surface area contributed by atoms with Gasteiger partial charge in [-0.15, -0.1) is 0 Å². The average Bonchev–Trinajstić information content (AvgIpc) is 2.50. The van der Waals surface area contributed by atoms with E-state index in [2.05, 4.69) is 11.4 Å². The quantitative estimate of drug-likeness (QED) is 0.760. The van der Waals surface area contributed by atoms with Gasteiger partial charge in [-0.1, -0.05) is 6.07 Å². The highest BCUT2D eigenvalue weighted by molar-refractivity contribution is 5.33. The molecule has 1 saturated heterocycles. The number of rotatable bonds is 2. The number of ether oxygens (including phenoxy) is 1. The van der Waals surface area contributed by atoms with E-state index < -0.39 is 6.10 Å². The highest BCUT2D eigenvalue weighted by Gasteiger charge is 2.26. The molecule has 0 aromatic heterocycles. The third-order valence-electron chi connectivity index (χ3n) is 2.61. The molecule has 0 unspecified atom stereocenters. The van der Waals surface area contributed by atoms with E-state index in [0.717, 1.165) is 5.75 Å². The molecule has 1 aliphatic rings. The molecule has 15 heavy (non-hydrogen) atoms. The van der Waals surface area contributed by atoms with Gasteiger partial charge in [-0.3, -0.25) is 0 Å². The first-order chi connectivity index (χ1) is 7.15. The van der Waals surface area contributed by atoms with Crippen LogP contribution in [0, 0.1) is 13.8 Å². The normalized spacial score (nSPS) is 25.5. The number of nitrogens with one attached hydrogen (secondary N) is 1. The van der Waals surface area contributed by atoms with Gasteiger partial charge in [0, 0.05) is 13.1 Å². The van der Waals surface area contributed by atoms with Crippen LogP contribution in [-0.2, 0) is 0 Å². The maximum Gasteiger partial charge on any atom is 0.138 e. The van der Waals surface area contributed by atoms with E-state index in [9.17, 15) is 5.11 Å². The second-order valence-electron chi connectivity index (χ2n) is 4.21. The van der Waals surface area contributed by atoms with Crippen molar-refractivity contribution in [1.82, 2.24) is 5.32 Å². The Hall–Kier alpha value is -1.06. The first-order valence-corrected chi connectivity index (χ1v) is 5.29. The summed E-state index contributed by atoms with van der Waals surface area (Å²) in [6.45, 7) is 5.43. The maximum atomic E-state index is 9.60. The van der Waals surface area contributed by atoms with Crippen LogP contribution >= 0.6 is 0 Å². The number of benzene rings is 1. The van der Waals surface area contributed by atoms with Gasteiger partial charge in [-0.05, 0) is 37.1 Å². The van der Waals surface area contributed by atoms with Crippen molar-refractivity contribution < 1.29 is 9.84 Å². The SMILES string of the molecule is Cc1cc(C)cc(O[C@H]2CNC[C@@H]2O)c1. The lowest BCUT2D eigenvalue weighted by molar-refractivity contribution is 0.0737. The summed E-state index contributed by atoms with van der Waals surface area (Å²) in [7, 11) is 0. The fourth-order valence-corrected chi connectivity index (χ4v) is 1.94. The Kier molecular flexibility index (Phi) is 2.93. The Morgan fingerprint density at radius 2 is 1.87 bits per heavy atom. The molecule has 1 heterocycles. The van der Waals surface area contributed by atoms with Crippen molar-refractivity contribution in [2.24, 2.45) is 0 Å². The molecule has 2 atom stereocenters. The zero-order chi connectivity index (χ0) is 10.8. The third kappa shape index (κ3) is 2.49. The molecule has 0 bridgehead atoms. The average molecular weight is 207 g/mol. The molecule has 1 aromatic rings. The summed E-state index contributed by atoms with van der Waals surface area (Å²) >= 11 is 0. The van der Waals surface area contributed by atoms with Gasteiger partial charge in [-0.25, -0.2) is 0 Å². The number of aliphatic hydroxyl groups excluding tert-OH is 1. The lowest BCUT2D eigenvalue weighted by atomic mass is 10.1. The van der Waals surface area contributed by atoms with E-state index in [0.29, 0.717) is 13.1 Å².